The highest BCUT2D eigenvalue weighted by molar-refractivity contribution is 6.33. The van der Waals surface area contributed by atoms with Gasteiger partial charge in [0.05, 0.1) is 22.8 Å². The predicted octanol–water partition coefficient (Wildman–Crippen LogP) is 2.61. The summed E-state index contributed by atoms with van der Waals surface area (Å²) < 4.78 is 0. The van der Waals surface area contributed by atoms with Gasteiger partial charge < -0.3 is 11.1 Å². The minimum absolute atomic E-state index is 0.222. The molecule has 0 aliphatic heterocycles. The van der Waals surface area contributed by atoms with E-state index in [0.717, 1.165) is 5.56 Å². The fraction of sp³-hybridized carbons (Fsp3) is 0.125. The van der Waals surface area contributed by atoms with Gasteiger partial charge in [-0.1, -0.05) is 29.5 Å². The molecule has 1 aromatic carbocycles. The Morgan fingerprint density at radius 2 is 2.24 bits per heavy atom. The molecular weight excluding hydrogens is 286 g/mol. The highest BCUT2D eigenvalue weighted by Crippen LogP contribution is 2.23. The first-order chi connectivity index (χ1) is 10.1. The van der Waals surface area contributed by atoms with Crippen molar-refractivity contribution in [2.75, 3.05) is 11.9 Å². The van der Waals surface area contributed by atoms with Gasteiger partial charge in [0.15, 0.2) is 0 Å². The molecule has 1 amide bonds. The number of halogens is 1. The number of nitrogens with two attached hydrogens (primary N) is 1. The summed E-state index contributed by atoms with van der Waals surface area (Å²) in [7, 11) is 0. The first-order valence-corrected chi connectivity index (χ1v) is 6.71. The number of benzene rings is 1. The van der Waals surface area contributed by atoms with Gasteiger partial charge in [0, 0.05) is 6.20 Å². The summed E-state index contributed by atoms with van der Waals surface area (Å²) in [5, 5.41) is 3.22. The van der Waals surface area contributed by atoms with Gasteiger partial charge in [0.25, 0.3) is 5.91 Å². The summed E-state index contributed by atoms with van der Waals surface area (Å²) in [4.78, 5) is 16.4. The average Bonchev–Trinajstić information content (AvgIpc) is 2.49. The molecule has 2 rings (SSSR count). The maximum atomic E-state index is 12.3. The van der Waals surface area contributed by atoms with Crippen molar-refractivity contribution in [3.63, 3.8) is 0 Å². The number of amides is 1. The van der Waals surface area contributed by atoms with E-state index >= 15 is 0 Å². The third-order valence-electron chi connectivity index (χ3n) is 2.72. The number of anilines is 1. The van der Waals surface area contributed by atoms with Gasteiger partial charge in [0.1, 0.15) is 5.69 Å². The molecule has 0 aliphatic rings. The molecule has 0 fully saturated rings. The number of nitrogens with zero attached hydrogens (tertiary/aromatic N) is 1. The molecule has 0 spiro atoms. The zero-order chi connectivity index (χ0) is 15.2. The fourth-order valence-electron chi connectivity index (χ4n) is 1.75. The number of aromatic nitrogens is 1. The van der Waals surface area contributed by atoms with Gasteiger partial charge in [-0.25, -0.2) is 4.98 Å². The average molecular weight is 300 g/mol. The van der Waals surface area contributed by atoms with Gasteiger partial charge in [0.2, 0.25) is 0 Å². The Balaban J connectivity index is 2.31. The van der Waals surface area contributed by atoms with Crippen molar-refractivity contribution < 1.29 is 4.79 Å². The molecule has 0 radical (unpaired) electrons. The van der Waals surface area contributed by atoms with E-state index in [1.54, 1.807) is 30.5 Å². The highest BCUT2D eigenvalue weighted by Gasteiger charge is 2.13. The van der Waals surface area contributed by atoms with E-state index in [1.807, 2.05) is 13.0 Å². The van der Waals surface area contributed by atoms with Crippen LogP contribution in [0.1, 0.15) is 21.6 Å². The van der Waals surface area contributed by atoms with Crippen molar-refractivity contribution in [2.24, 2.45) is 5.73 Å². The third-order valence-corrected chi connectivity index (χ3v) is 3.05. The van der Waals surface area contributed by atoms with Crippen molar-refractivity contribution in [3.8, 4) is 11.8 Å². The van der Waals surface area contributed by atoms with Gasteiger partial charge in [-0.3, -0.25) is 4.79 Å². The van der Waals surface area contributed by atoms with Crippen molar-refractivity contribution in [2.45, 2.75) is 6.92 Å². The predicted molar refractivity (Wildman–Crippen MR) is 84.3 cm³/mol. The van der Waals surface area contributed by atoms with Gasteiger partial charge in [-0.2, -0.15) is 0 Å². The quantitative estimate of drug-likeness (QED) is 0.838. The van der Waals surface area contributed by atoms with Crippen molar-refractivity contribution in [3.05, 3.63) is 58.4 Å². The Morgan fingerprint density at radius 3 is 3.00 bits per heavy atom. The molecule has 5 heteroatoms. The topological polar surface area (TPSA) is 68.0 Å². The third kappa shape index (κ3) is 3.82. The summed E-state index contributed by atoms with van der Waals surface area (Å²) in [6.45, 7) is 2.14. The number of rotatable bonds is 2. The molecule has 0 bridgehead atoms. The van der Waals surface area contributed by atoms with E-state index in [9.17, 15) is 4.79 Å². The Labute approximate surface area is 128 Å². The van der Waals surface area contributed by atoms with E-state index in [-0.39, 0.29) is 18.1 Å². The van der Waals surface area contributed by atoms with Crippen LogP contribution >= 0.6 is 11.6 Å². The van der Waals surface area contributed by atoms with Crippen LogP contribution < -0.4 is 11.1 Å². The summed E-state index contributed by atoms with van der Waals surface area (Å²) in [6, 6.07) is 8.85. The van der Waals surface area contributed by atoms with Crippen molar-refractivity contribution >= 4 is 23.2 Å². The molecule has 0 saturated heterocycles. The Hall–Kier alpha value is -2.35. The van der Waals surface area contributed by atoms with E-state index in [1.165, 1.54) is 0 Å². The van der Waals surface area contributed by atoms with Gasteiger partial charge in [-0.05, 0) is 36.8 Å². The number of nitrogens with one attached hydrogen (secondary N) is 1. The molecule has 106 valence electrons. The highest BCUT2D eigenvalue weighted by atomic mass is 35.5. The summed E-state index contributed by atoms with van der Waals surface area (Å²) >= 11 is 6.07. The largest absolute Gasteiger partial charge is 0.320 e. The monoisotopic (exact) mass is 299 g/mol. The van der Waals surface area contributed by atoms with E-state index < -0.39 is 0 Å². The normalized spacial score (nSPS) is 9.67. The number of carbonyl (C=O) groups is 1. The number of pyridine rings is 1. The van der Waals surface area contributed by atoms with E-state index in [0.29, 0.717) is 16.3 Å². The minimum Gasteiger partial charge on any atom is -0.320 e. The SMILES string of the molecule is Cc1ccc(Cl)c(NC(=O)c2ncccc2C#CCN)c1. The molecular formula is C16H14ClN3O. The Bertz CT molecular complexity index is 732. The second kappa shape index (κ2) is 6.89. The Kier molecular flexibility index (Phi) is 4.94. The van der Waals surface area contributed by atoms with Gasteiger partial charge in [-0.15, -0.1) is 0 Å². The molecule has 21 heavy (non-hydrogen) atoms. The summed E-state index contributed by atoms with van der Waals surface area (Å²) in [5.74, 6) is 5.19. The first kappa shape index (κ1) is 15.0. The van der Waals surface area contributed by atoms with Crippen LogP contribution in [0, 0.1) is 18.8 Å². The molecule has 0 atom stereocenters. The molecule has 0 aliphatic carbocycles. The zero-order valence-corrected chi connectivity index (χ0v) is 12.2. The van der Waals surface area contributed by atoms with Crippen LogP contribution in [-0.4, -0.2) is 17.4 Å². The molecule has 3 N–H and O–H groups in total. The van der Waals surface area contributed by atoms with Crippen LogP contribution in [0.5, 0.6) is 0 Å². The van der Waals surface area contributed by atoms with Gasteiger partial charge >= 0.3 is 0 Å². The molecule has 2 aromatic rings. The molecule has 0 saturated carbocycles. The number of hydrogen-bond acceptors (Lipinski definition) is 3. The van der Waals surface area contributed by atoms with Crippen molar-refractivity contribution in [1.82, 2.24) is 4.98 Å². The van der Waals surface area contributed by atoms with E-state index in [4.69, 9.17) is 17.3 Å². The first-order valence-electron chi connectivity index (χ1n) is 6.33. The molecule has 4 nitrogen and oxygen atoms in total. The Morgan fingerprint density at radius 1 is 1.43 bits per heavy atom. The van der Waals surface area contributed by atoms with Crippen LogP contribution in [0.15, 0.2) is 36.5 Å². The second-order valence-corrected chi connectivity index (χ2v) is 4.75. The lowest BCUT2D eigenvalue weighted by Gasteiger charge is -2.08. The van der Waals surface area contributed by atoms with Crippen molar-refractivity contribution in [1.29, 1.82) is 0 Å². The molecule has 1 aromatic heterocycles. The van der Waals surface area contributed by atoms with Crippen LogP contribution in [0.3, 0.4) is 0 Å². The van der Waals surface area contributed by atoms with E-state index in [2.05, 4.69) is 22.1 Å². The zero-order valence-electron chi connectivity index (χ0n) is 11.5. The van der Waals surface area contributed by atoms with Crippen LogP contribution in [-0.2, 0) is 0 Å². The lowest BCUT2D eigenvalue weighted by atomic mass is 10.1. The standard InChI is InChI=1S/C16H14ClN3O/c1-11-6-7-13(17)14(10-11)20-16(21)15-12(4-2-8-18)5-3-9-19-15/h3,5-7,9-10H,8,18H2,1H3,(H,20,21). The minimum atomic E-state index is -0.357. The second-order valence-electron chi connectivity index (χ2n) is 4.34. The van der Waals surface area contributed by atoms with Crippen LogP contribution in [0.2, 0.25) is 5.02 Å². The van der Waals surface area contributed by atoms with Crippen LogP contribution in [0.4, 0.5) is 5.69 Å². The summed E-state index contributed by atoms with van der Waals surface area (Å²) in [5.41, 5.74) is 7.67. The van der Waals surface area contributed by atoms with Crippen LogP contribution in [0.25, 0.3) is 0 Å². The lowest BCUT2D eigenvalue weighted by molar-refractivity contribution is 0.102. The lowest BCUT2D eigenvalue weighted by Crippen LogP contribution is -2.15. The number of carbonyl (C=O) groups excluding carboxylic acids is 1. The number of aryl methyl sites for hydroxylation is 1. The molecule has 1 heterocycles. The maximum absolute atomic E-state index is 12.3. The summed E-state index contributed by atoms with van der Waals surface area (Å²) in [6.07, 6.45) is 1.54. The number of hydrogen-bond donors (Lipinski definition) is 2. The fourth-order valence-corrected chi connectivity index (χ4v) is 1.91. The maximum Gasteiger partial charge on any atom is 0.275 e. The smallest absolute Gasteiger partial charge is 0.275 e. The molecule has 0 unspecified atom stereocenters.